The van der Waals surface area contributed by atoms with Crippen molar-refractivity contribution in [1.29, 1.82) is 0 Å². The zero-order valence-electron chi connectivity index (χ0n) is 12.8. The van der Waals surface area contributed by atoms with Gasteiger partial charge in [-0.05, 0) is 46.8 Å². The maximum atomic E-state index is 13.8. The van der Waals surface area contributed by atoms with Gasteiger partial charge in [0.05, 0.1) is 10.2 Å². The summed E-state index contributed by atoms with van der Waals surface area (Å²) < 4.78 is 14.2. The molecule has 2 aromatic heterocycles. The number of carbonyl (C=O) groups is 1. The van der Waals surface area contributed by atoms with E-state index < -0.39 is 0 Å². The van der Waals surface area contributed by atoms with Crippen molar-refractivity contribution in [3.63, 3.8) is 0 Å². The van der Waals surface area contributed by atoms with Gasteiger partial charge in [0.15, 0.2) is 10.8 Å². The number of aromatic nitrogens is 1. The molecule has 0 saturated carbocycles. The van der Waals surface area contributed by atoms with E-state index in [1.54, 1.807) is 23.5 Å². The topological polar surface area (TPSA) is 30.0 Å². The van der Waals surface area contributed by atoms with Crippen LogP contribution in [0.1, 0.15) is 15.4 Å². The highest BCUT2D eigenvalue weighted by atomic mass is 35.5. The van der Waals surface area contributed by atoms with E-state index in [9.17, 15) is 9.18 Å². The van der Waals surface area contributed by atoms with Gasteiger partial charge < -0.3 is 0 Å². The predicted octanol–water partition coefficient (Wildman–Crippen LogP) is 6.24. The average molecular weight is 388 g/mol. The van der Waals surface area contributed by atoms with Gasteiger partial charge in [0.1, 0.15) is 5.82 Å². The van der Waals surface area contributed by atoms with Crippen molar-refractivity contribution in [2.45, 2.75) is 6.42 Å². The number of thiazole rings is 1. The second-order valence-corrected chi connectivity index (χ2v) is 7.88. The van der Waals surface area contributed by atoms with E-state index in [1.165, 1.54) is 6.07 Å². The molecule has 124 valence electrons. The van der Waals surface area contributed by atoms with Crippen molar-refractivity contribution in [3.05, 3.63) is 75.3 Å². The van der Waals surface area contributed by atoms with Crippen LogP contribution in [0.3, 0.4) is 0 Å². The Morgan fingerprint density at radius 2 is 1.96 bits per heavy atom. The number of halogens is 2. The normalized spacial score (nSPS) is 11.1. The third-order valence-electron chi connectivity index (χ3n) is 3.75. The average Bonchev–Trinajstić information content (AvgIpc) is 3.23. The van der Waals surface area contributed by atoms with Crippen LogP contribution in [0.4, 0.5) is 4.39 Å². The summed E-state index contributed by atoms with van der Waals surface area (Å²) in [5.41, 5.74) is 2.52. The van der Waals surface area contributed by atoms with E-state index in [1.807, 2.05) is 35.7 Å². The van der Waals surface area contributed by atoms with Crippen LogP contribution in [-0.2, 0) is 6.42 Å². The lowest BCUT2D eigenvalue weighted by Crippen LogP contribution is -2.01. The number of nitrogens with zero attached hydrogens (tertiary/aromatic N) is 1. The maximum absolute atomic E-state index is 13.8. The molecule has 0 aliphatic rings. The summed E-state index contributed by atoms with van der Waals surface area (Å²) in [6.45, 7) is 0. The van der Waals surface area contributed by atoms with Crippen LogP contribution >= 0.6 is 34.3 Å². The zero-order valence-corrected chi connectivity index (χ0v) is 15.2. The van der Waals surface area contributed by atoms with Gasteiger partial charge in [-0.2, -0.15) is 0 Å². The first-order chi connectivity index (χ1) is 12.1. The van der Waals surface area contributed by atoms with Gasteiger partial charge in [0.25, 0.3) is 0 Å². The van der Waals surface area contributed by atoms with Crippen molar-refractivity contribution in [3.8, 4) is 10.4 Å². The Bertz CT molecular complexity index is 1070. The molecule has 0 atom stereocenters. The Labute approximate surface area is 156 Å². The molecule has 2 aromatic carbocycles. The minimum atomic E-state index is -0.338. The van der Waals surface area contributed by atoms with Crippen molar-refractivity contribution in [2.75, 3.05) is 0 Å². The molecule has 4 rings (SSSR count). The van der Waals surface area contributed by atoms with Crippen molar-refractivity contribution >= 4 is 50.3 Å². The molecule has 0 unspecified atom stereocenters. The highest BCUT2D eigenvalue weighted by molar-refractivity contribution is 7.20. The van der Waals surface area contributed by atoms with Gasteiger partial charge in [-0.3, -0.25) is 4.79 Å². The number of thiophene rings is 1. The monoisotopic (exact) mass is 387 g/mol. The number of ketones is 1. The van der Waals surface area contributed by atoms with E-state index in [4.69, 9.17) is 11.6 Å². The van der Waals surface area contributed by atoms with Crippen LogP contribution in [-0.4, -0.2) is 10.8 Å². The SMILES string of the molecule is O=C(Cc1csc(-c2ccc(Cl)cc2)c1)c1nc2cccc(F)c2s1. The number of rotatable bonds is 4. The number of fused-ring (bicyclic) bond motifs is 1. The van der Waals surface area contributed by atoms with Crippen molar-refractivity contribution in [1.82, 2.24) is 4.98 Å². The van der Waals surface area contributed by atoms with E-state index >= 15 is 0 Å². The number of benzene rings is 2. The molecule has 0 bridgehead atoms. The summed E-state index contributed by atoms with van der Waals surface area (Å²) in [6.07, 6.45) is 0.255. The number of Topliss-reactive ketones (excluding diaryl/α,β-unsaturated/α-hetero) is 1. The van der Waals surface area contributed by atoms with Crippen LogP contribution in [0, 0.1) is 5.82 Å². The third kappa shape index (κ3) is 3.35. The molecule has 25 heavy (non-hydrogen) atoms. The van der Waals surface area contributed by atoms with Crippen LogP contribution in [0.15, 0.2) is 53.9 Å². The fraction of sp³-hybridized carbons (Fsp3) is 0.0526. The number of hydrogen-bond donors (Lipinski definition) is 0. The third-order valence-corrected chi connectivity index (χ3v) is 6.15. The number of carbonyl (C=O) groups excluding carboxylic acids is 1. The quantitative estimate of drug-likeness (QED) is 0.388. The standard InChI is InChI=1S/C19H11ClFNOS2/c20-13-6-4-12(5-7-13)17-9-11(10-24-17)8-16(23)19-22-15-3-1-2-14(21)18(15)25-19/h1-7,9-10H,8H2. The van der Waals surface area contributed by atoms with Gasteiger partial charge >= 0.3 is 0 Å². The first kappa shape index (κ1) is 16.4. The minimum absolute atomic E-state index is 0.0962. The summed E-state index contributed by atoms with van der Waals surface area (Å²) >= 11 is 8.60. The summed E-state index contributed by atoms with van der Waals surface area (Å²) in [6, 6.07) is 14.3. The van der Waals surface area contributed by atoms with E-state index in [0.717, 1.165) is 27.3 Å². The van der Waals surface area contributed by atoms with Crippen LogP contribution in [0.25, 0.3) is 20.7 Å². The molecule has 2 nitrogen and oxygen atoms in total. The zero-order chi connectivity index (χ0) is 17.4. The lowest BCUT2D eigenvalue weighted by molar-refractivity contribution is 0.0993. The van der Waals surface area contributed by atoms with Gasteiger partial charge in [-0.25, -0.2) is 9.37 Å². The van der Waals surface area contributed by atoms with Gasteiger partial charge in [-0.1, -0.05) is 29.8 Å². The Kier molecular flexibility index (Phi) is 4.37. The van der Waals surface area contributed by atoms with E-state index in [2.05, 4.69) is 4.98 Å². The fourth-order valence-corrected chi connectivity index (χ4v) is 4.48. The van der Waals surface area contributed by atoms with Crippen molar-refractivity contribution < 1.29 is 9.18 Å². The lowest BCUT2D eigenvalue weighted by atomic mass is 10.1. The molecular weight excluding hydrogens is 377 g/mol. The second-order valence-electron chi connectivity index (χ2n) is 5.53. The summed E-state index contributed by atoms with van der Waals surface area (Å²) in [5.74, 6) is -0.435. The molecule has 6 heteroatoms. The molecule has 0 spiro atoms. The second kappa shape index (κ2) is 6.67. The van der Waals surface area contributed by atoms with Crippen LogP contribution in [0.5, 0.6) is 0 Å². The molecule has 0 amide bonds. The molecule has 2 heterocycles. The minimum Gasteiger partial charge on any atom is -0.291 e. The molecular formula is C19H11ClFNOS2. The van der Waals surface area contributed by atoms with Crippen molar-refractivity contribution in [2.24, 2.45) is 0 Å². The Balaban J connectivity index is 1.56. The Hall–Kier alpha value is -2.08. The first-order valence-corrected chi connectivity index (χ1v) is 9.59. The molecule has 0 N–H and O–H groups in total. The molecule has 0 fully saturated rings. The van der Waals surface area contributed by atoms with Crippen LogP contribution in [0.2, 0.25) is 5.02 Å². The molecule has 4 aromatic rings. The highest BCUT2D eigenvalue weighted by Gasteiger charge is 2.16. The molecule has 0 radical (unpaired) electrons. The highest BCUT2D eigenvalue weighted by Crippen LogP contribution is 2.30. The summed E-state index contributed by atoms with van der Waals surface area (Å²) in [7, 11) is 0. The Morgan fingerprint density at radius 3 is 2.72 bits per heavy atom. The molecule has 0 saturated heterocycles. The van der Waals surface area contributed by atoms with Gasteiger partial charge in [-0.15, -0.1) is 22.7 Å². The summed E-state index contributed by atoms with van der Waals surface area (Å²) in [5, 5.41) is 3.01. The lowest BCUT2D eigenvalue weighted by Gasteiger charge is -1.97. The predicted molar refractivity (Wildman–Crippen MR) is 102 cm³/mol. The molecule has 0 aliphatic heterocycles. The van der Waals surface area contributed by atoms with Gasteiger partial charge in [0.2, 0.25) is 0 Å². The smallest absolute Gasteiger partial charge is 0.195 e. The largest absolute Gasteiger partial charge is 0.291 e. The fourth-order valence-electron chi connectivity index (χ4n) is 2.53. The van der Waals surface area contributed by atoms with E-state index in [-0.39, 0.29) is 18.0 Å². The molecule has 0 aliphatic carbocycles. The Morgan fingerprint density at radius 1 is 1.16 bits per heavy atom. The first-order valence-electron chi connectivity index (χ1n) is 7.52. The van der Waals surface area contributed by atoms with E-state index in [0.29, 0.717) is 20.2 Å². The van der Waals surface area contributed by atoms with Gasteiger partial charge in [0, 0.05) is 16.3 Å². The number of hydrogen-bond acceptors (Lipinski definition) is 4. The summed E-state index contributed by atoms with van der Waals surface area (Å²) in [4.78, 5) is 17.8. The van der Waals surface area contributed by atoms with Crippen LogP contribution < -0.4 is 0 Å². The maximum Gasteiger partial charge on any atom is 0.195 e.